The molecule has 4 nitrogen and oxygen atoms in total. The number of carbonyl (C=O) groups is 1. The molecule has 1 aromatic heterocycles. The third kappa shape index (κ3) is 3.58. The van der Waals surface area contributed by atoms with E-state index in [1.165, 1.54) is 0 Å². The molecule has 0 amide bonds. The first kappa shape index (κ1) is 19.1. The van der Waals surface area contributed by atoms with Gasteiger partial charge in [-0.25, -0.2) is 4.79 Å². The zero-order valence-electron chi connectivity index (χ0n) is 16.9. The van der Waals surface area contributed by atoms with Crippen LogP contribution in [0.1, 0.15) is 37.0 Å². The molecule has 29 heavy (non-hydrogen) atoms. The molecule has 0 unspecified atom stereocenters. The van der Waals surface area contributed by atoms with E-state index in [0.717, 1.165) is 58.0 Å². The van der Waals surface area contributed by atoms with Gasteiger partial charge in [0.2, 0.25) is 0 Å². The quantitative estimate of drug-likeness (QED) is 0.286. The number of hydrogen-bond acceptors (Lipinski definition) is 3. The lowest BCUT2D eigenvalue weighted by Crippen LogP contribution is -2.11. The van der Waals surface area contributed by atoms with Gasteiger partial charge in [0.25, 0.3) is 0 Å². The van der Waals surface area contributed by atoms with Crippen LogP contribution in [-0.4, -0.2) is 24.1 Å². The van der Waals surface area contributed by atoms with Gasteiger partial charge in [0.05, 0.1) is 23.4 Å². The number of aromatic amines is 1. The van der Waals surface area contributed by atoms with Crippen molar-refractivity contribution in [2.45, 2.75) is 26.7 Å². The normalized spacial score (nSPS) is 11.1. The number of para-hydroxylation sites is 1. The van der Waals surface area contributed by atoms with Gasteiger partial charge in [-0.3, -0.25) is 0 Å². The van der Waals surface area contributed by atoms with Gasteiger partial charge in [-0.15, -0.1) is 0 Å². The molecule has 0 bridgehead atoms. The molecule has 0 aliphatic carbocycles. The van der Waals surface area contributed by atoms with Crippen LogP contribution in [0.15, 0.2) is 60.7 Å². The monoisotopic (exact) mass is 386 g/mol. The number of fused-ring (bicyclic) bond motifs is 3. The third-order valence-corrected chi connectivity index (χ3v) is 5.19. The Morgan fingerprint density at radius 3 is 2.55 bits per heavy atom. The van der Waals surface area contributed by atoms with E-state index in [4.69, 9.17) is 4.74 Å². The predicted octanol–water partition coefficient (Wildman–Crippen LogP) is 6.38. The first-order valence-corrected chi connectivity index (χ1v) is 10.3. The molecule has 0 radical (unpaired) electrons. The number of rotatable bonds is 7. The van der Waals surface area contributed by atoms with Crippen molar-refractivity contribution in [1.29, 1.82) is 0 Å². The second-order valence-corrected chi connectivity index (χ2v) is 7.13. The number of nitrogens with one attached hydrogen (secondary N) is 2. The maximum absolute atomic E-state index is 13.0. The number of ether oxygens (including phenoxy) is 1. The molecule has 4 rings (SSSR count). The van der Waals surface area contributed by atoms with Gasteiger partial charge in [-0.05, 0) is 31.0 Å². The summed E-state index contributed by atoms with van der Waals surface area (Å²) in [4.78, 5) is 16.6. The molecular weight excluding hydrogens is 360 g/mol. The van der Waals surface area contributed by atoms with Crippen LogP contribution >= 0.6 is 0 Å². The zero-order chi connectivity index (χ0) is 20.2. The van der Waals surface area contributed by atoms with E-state index in [-0.39, 0.29) is 5.97 Å². The number of carbonyl (C=O) groups excluding carboxylic acids is 1. The third-order valence-electron chi connectivity index (χ3n) is 5.19. The van der Waals surface area contributed by atoms with Crippen LogP contribution in [0.3, 0.4) is 0 Å². The van der Waals surface area contributed by atoms with Gasteiger partial charge in [0.15, 0.2) is 0 Å². The summed E-state index contributed by atoms with van der Waals surface area (Å²) in [7, 11) is 0. The summed E-state index contributed by atoms with van der Waals surface area (Å²) in [5, 5.41) is 5.44. The largest absolute Gasteiger partial charge is 0.462 e. The molecule has 0 aliphatic rings. The number of benzene rings is 3. The molecule has 1 heterocycles. The molecule has 0 saturated heterocycles. The smallest absolute Gasteiger partial charge is 0.340 e. The summed E-state index contributed by atoms with van der Waals surface area (Å²) in [6.07, 6.45) is 2.12. The molecule has 4 aromatic rings. The maximum atomic E-state index is 13.0. The SMILES string of the molecule is CCCCNc1cc(-c2ccccc2)c2[nH]c3ccccc3c2c1C(=O)OCC. The first-order valence-electron chi connectivity index (χ1n) is 10.3. The average molecular weight is 386 g/mol. The van der Waals surface area contributed by atoms with E-state index >= 15 is 0 Å². The maximum Gasteiger partial charge on any atom is 0.340 e. The average Bonchev–Trinajstić information content (AvgIpc) is 3.13. The summed E-state index contributed by atoms with van der Waals surface area (Å²) < 4.78 is 5.45. The molecule has 0 atom stereocenters. The van der Waals surface area contributed by atoms with Gasteiger partial charge in [-0.1, -0.05) is 61.9 Å². The second-order valence-electron chi connectivity index (χ2n) is 7.13. The molecule has 0 spiro atoms. The molecule has 2 N–H and O–H groups in total. The Balaban J connectivity index is 2.06. The van der Waals surface area contributed by atoms with Crippen molar-refractivity contribution < 1.29 is 9.53 Å². The van der Waals surface area contributed by atoms with Crippen molar-refractivity contribution in [1.82, 2.24) is 4.98 Å². The fourth-order valence-corrected chi connectivity index (χ4v) is 3.83. The lowest BCUT2D eigenvalue weighted by Gasteiger charge is -2.16. The molecule has 0 aliphatic heterocycles. The fourth-order valence-electron chi connectivity index (χ4n) is 3.83. The highest BCUT2D eigenvalue weighted by Gasteiger charge is 2.23. The van der Waals surface area contributed by atoms with E-state index in [1.54, 1.807) is 0 Å². The fraction of sp³-hybridized carbons (Fsp3) is 0.240. The van der Waals surface area contributed by atoms with Crippen LogP contribution in [0.25, 0.3) is 32.9 Å². The highest BCUT2D eigenvalue weighted by Crippen LogP contribution is 2.40. The number of anilines is 1. The molecule has 148 valence electrons. The summed E-state index contributed by atoms with van der Waals surface area (Å²) in [5.41, 5.74) is 5.59. The minimum absolute atomic E-state index is 0.291. The Morgan fingerprint density at radius 1 is 1.03 bits per heavy atom. The minimum Gasteiger partial charge on any atom is -0.462 e. The van der Waals surface area contributed by atoms with E-state index in [9.17, 15) is 4.79 Å². The van der Waals surface area contributed by atoms with Crippen LogP contribution in [-0.2, 0) is 4.74 Å². The van der Waals surface area contributed by atoms with Crippen LogP contribution in [0.2, 0.25) is 0 Å². The van der Waals surface area contributed by atoms with E-state index in [0.29, 0.717) is 12.2 Å². The molecular formula is C25H26N2O2. The Morgan fingerprint density at radius 2 is 1.79 bits per heavy atom. The standard InChI is InChI=1S/C25H26N2O2/c1-3-5-15-26-21-16-19(17-11-7-6-8-12-17)24-22(23(21)25(28)29-4-2)18-13-9-10-14-20(18)27-24/h6-14,16,26-27H,3-5,15H2,1-2H3. The van der Waals surface area contributed by atoms with Crippen molar-refractivity contribution in [3.05, 3.63) is 66.2 Å². The van der Waals surface area contributed by atoms with Crippen LogP contribution in [0.5, 0.6) is 0 Å². The number of esters is 1. The number of unbranched alkanes of at least 4 members (excludes halogenated alkanes) is 1. The summed E-state index contributed by atoms with van der Waals surface area (Å²) in [5.74, 6) is -0.291. The molecule has 3 aromatic carbocycles. The zero-order valence-corrected chi connectivity index (χ0v) is 16.9. The molecule has 4 heteroatoms. The Bertz CT molecular complexity index is 1150. The van der Waals surface area contributed by atoms with Gasteiger partial charge < -0.3 is 15.0 Å². The highest BCUT2D eigenvalue weighted by molar-refractivity contribution is 6.22. The van der Waals surface area contributed by atoms with Gasteiger partial charge in [0, 0.05) is 28.4 Å². The number of H-pyrrole nitrogens is 1. The Labute approximate surface area is 170 Å². The summed E-state index contributed by atoms with van der Waals surface area (Å²) in [6, 6.07) is 20.5. The van der Waals surface area contributed by atoms with Crippen molar-refractivity contribution in [2.24, 2.45) is 0 Å². The van der Waals surface area contributed by atoms with Crippen molar-refractivity contribution in [3.8, 4) is 11.1 Å². The minimum atomic E-state index is -0.291. The van der Waals surface area contributed by atoms with E-state index in [1.807, 2.05) is 43.3 Å². The van der Waals surface area contributed by atoms with Gasteiger partial charge >= 0.3 is 5.97 Å². The number of hydrogen-bond donors (Lipinski definition) is 2. The lowest BCUT2D eigenvalue weighted by molar-refractivity contribution is 0.0530. The van der Waals surface area contributed by atoms with Gasteiger partial charge in [-0.2, -0.15) is 0 Å². The van der Waals surface area contributed by atoms with Gasteiger partial charge in [0.1, 0.15) is 0 Å². The van der Waals surface area contributed by atoms with Crippen molar-refractivity contribution >= 4 is 33.5 Å². The Kier molecular flexibility index (Phi) is 5.52. The van der Waals surface area contributed by atoms with E-state index in [2.05, 4.69) is 41.5 Å². The van der Waals surface area contributed by atoms with Crippen LogP contribution in [0, 0.1) is 0 Å². The van der Waals surface area contributed by atoms with Crippen LogP contribution in [0.4, 0.5) is 5.69 Å². The second kappa shape index (κ2) is 8.39. The molecule has 0 saturated carbocycles. The Hall–Kier alpha value is -3.27. The summed E-state index contributed by atoms with van der Waals surface area (Å²) in [6.45, 7) is 5.15. The topological polar surface area (TPSA) is 54.1 Å². The number of aromatic nitrogens is 1. The molecule has 0 fully saturated rings. The first-order chi connectivity index (χ1) is 14.2. The summed E-state index contributed by atoms with van der Waals surface area (Å²) >= 11 is 0. The lowest BCUT2D eigenvalue weighted by atomic mass is 9.96. The van der Waals surface area contributed by atoms with E-state index < -0.39 is 0 Å². The van der Waals surface area contributed by atoms with Crippen LogP contribution < -0.4 is 5.32 Å². The van der Waals surface area contributed by atoms with Crippen molar-refractivity contribution in [3.63, 3.8) is 0 Å². The van der Waals surface area contributed by atoms with Crippen molar-refractivity contribution in [2.75, 3.05) is 18.5 Å². The predicted molar refractivity (Wildman–Crippen MR) is 121 cm³/mol. The highest BCUT2D eigenvalue weighted by atomic mass is 16.5.